The molecule has 102 valence electrons. The van der Waals surface area contributed by atoms with Crippen LogP contribution in [0.25, 0.3) is 0 Å². The SMILES string of the molecule is CCOC(=O)c1c(C)nsc1NCC(C)(C)CC. The topological polar surface area (TPSA) is 51.2 Å². The molecule has 0 unspecified atom stereocenters. The summed E-state index contributed by atoms with van der Waals surface area (Å²) in [5, 5.41) is 4.13. The first-order valence-electron chi connectivity index (χ1n) is 6.28. The minimum Gasteiger partial charge on any atom is -0.462 e. The number of carbonyl (C=O) groups excluding carboxylic acids is 1. The van der Waals surface area contributed by atoms with Gasteiger partial charge in [0.05, 0.1) is 12.3 Å². The Morgan fingerprint density at radius 3 is 2.67 bits per heavy atom. The molecule has 0 amide bonds. The van der Waals surface area contributed by atoms with Crippen LogP contribution in [-0.4, -0.2) is 23.5 Å². The van der Waals surface area contributed by atoms with Gasteiger partial charge in [-0.25, -0.2) is 4.79 Å². The lowest BCUT2D eigenvalue weighted by molar-refractivity contribution is 0.0527. The van der Waals surface area contributed by atoms with E-state index >= 15 is 0 Å². The third-order valence-electron chi connectivity index (χ3n) is 3.03. The summed E-state index contributed by atoms with van der Waals surface area (Å²) in [5.41, 5.74) is 1.51. The van der Waals surface area contributed by atoms with Gasteiger partial charge in [0.2, 0.25) is 0 Å². The van der Waals surface area contributed by atoms with Gasteiger partial charge in [-0.3, -0.25) is 0 Å². The van der Waals surface area contributed by atoms with Gasteiger partial charge in [-0.1, -0.05) is 20.8 Å². The van der Waals surface area contributed by atoms with Crippen LogP contribution in [0.1, 0.15) is 50.2 Å². The highest BCUT2D eigenvalue weighted by molar-refractivity contribution is 7.10. The quantitative estimate of drug-likeness (QED) is 0.804. The molecule has 0 radical (unpaired) electrons. The maximum Gasteiger partial charge on any atom is 0.343 e. The molecule has 0 spiro atoms. The average Bonchev–Trinajstić information content (AvgIpc) is 2.68. The summed E-state index contributed by atoms with van der Waals surface area (Å²) >= 11 is 1.32. The van der Waals surface area contributed by atoms with Crippen LogP contribution >= 0.6 is 11.5 Å². The fraction of sp³-hybridized carbons (Fsp3) is 0.692. The van der Waals surface area contributed by atoms with Crippen LogP contribution in [-0.2, 0) is 4.74 Å². The molecule has 0 fully saturated rings. The monoisotopic (exact) mass is 270 g/mol. The second-order valence-corrected chi connectivity index (χ2v) is 5.84. The van der Waals surface area contributed by atoms with Gasteiger partial charge in [-0.2, -0.15) is 4.37 Å². The number of nitrogens with zero attached hydrogens (tertiary/aromatic N) is 1. The highest BCUT2D eigenvalue weighted by Crippen LogP contribution is 2.28. The fourth-order valence-electron chi connectivity index (χ4n) is 1.38. The van der Waals surface area contributed by atoms with Crippen molar-refractivity contribution in [3.05, 3.63) is 11.3 Å². The molecule has 0 atom stereocenters. The van der Waals surface area contributed by atoms with Gasteiger partial charge >= 0.3 is 5.97 Å². The first-order valence-corrected chi connectivity index (χ1v) is 7.06. The van der Waals surface area contributed by atoms with Crippen LogP contribution < -0.4 is 5.32 Å². The van der Waals surface area contributed by atoms with Crippen LogP contribution in [0.5, 0.6) is 0 Å². The molecule has 1 aromatic rings. The van der Waals surface area contributed by atoms with Crippen molar-refractivity contribution in [3.8, 4) is 0 Å². The predicted molar refractivity (Wildman–Crippen MR) is 75.4 cm³/mol. The van der Waals surface area contributed by atoms with E-state index in [1.54, 1.807) is 6.92 Å². The first-order chi connectivity index (χ1) is 8.41. The maximum atomic E-state index is 11.8. The van der Waals surface area contributed by atoms with E-state index in [0.717, 1.165) is 23.7 Å². The Balaban J connectivity index is 2.81. The number of carbonyl (C=O) groups is 1. The molecule has 1 aromatic heterocycles. The van der Waals surface area contributed by atoms with Crippen molar-refractivity contribution < 1.29 is 9.53 Å². The van der Waals surface area contributed by atoms with Crippen LogP contribution in [0.15, 0.2) is 0 Å². The lowest BCUT2D eigenvalue weighted by atomic mass is 9.90. The number of nitrogens with one attached hydrogen (secondary N) is 1. The van der Waals surface area contributed by atoms with Crippen LogP contribution in [0.2, 0.25) is 0 Å². The van der Waals surface area contributed by atoms with E-state index in [4.69, 9.17) is 4.74 Å². The summed E-state index contributed by atoms with van der Waals surface area (Å²) in [6, 6.07) is 0. The Labute approximate surface area is 113 Å². The predicted octanol–water partition coefficient (Wildman–Crippen LogP) is 3.48. The Hall–Kier alpha value is -1.10. The largest absolute Gasteiger partial charge is 0.462 e. The molecule has 1 rings (SSSR count). The second kappa shape index (κ2) is 6.18. The van der Waals surface area contributed by atoms with Crippen molar-refractivity contribution in [2.45, 2.75) is 41.0 Å². The van der Waals surface area contributed by atoms with Crippen molar-refractivity contribution in [1.29, 1.82) is 0 Å². The summed E-state index contributed by atoms with van der Waals surface area (Å²) in [4.78, 5) is 11.8. The zero-order valence-corrected chi connectivity index (χ0v) is 12.6. The molecular formula is C13H22N2O2S. The maximum absolute atomic E-state index is 11.8. The number of ether oxygens (including phenoxy) is 1. The Kier molecular flexibility index (Phi) is 5.14. The van der Waals surface area contributed by atoms with Crippen molar-refractivity contribution in [3.63, 3.8) is 0 Å². The summed E-state index contributed by atoms with van der Waals surface area (Å²) in [6.45, 7) is 11.4. The van der Waals surface area contributed by atoms with E-state index in [1.807, 2.05) is 6.92 Å². The molecule has 0 saturated carbocycles. The molecule has 1 heterocycles. The van der Waals surface area contributed by atoms with Gasteiger partial charge < -0.3 is 10.1 Å². The lowest BCUT2D eigenvalue weighted by Crippen LogP contribution is -2.22. The third-order valence-corrected chi connectivity index (χ3v) is 3.92. The normalized spacial score (nSPS) is 11.4. The summed E-state index contributed by atoms with van der Waals surface area (Å²) in [6.07, 6.45) is 1.08. The number of esters is 1. The molecular weight excluding hydrogens is 248 g/mol. The Bertz CT molecular complexity index is 413. The number of aryl methyl sites for hydroxylation is 1. The van der Waals surface area contributed by atoms with Gasteiger partial charge in [-0.15, -0.1) is 0 Å². The molecule has 0 saturated heterocycles. The highest BCUT2D eigenvalue weighted by Gasteiger charge is 2.21. The summed E-state index contributed by atoms with van der Waals surface area (Å²) in [7, 11) is 0. The van der Waals surface area contributed by atoms with Crippen molar-refractivity contribution in [2.24, 2.45) is 5.41 Å². The van der Waals surface area contributed by atoms with E-state index in [2.05, 4.69) is 30.5 Å². The Morgan fingerprint density at radius 1 is 1.44 bits per heavy atom. The summed E-state index contributed by atoms with van der Waals surface area (Å²) < 4.78 is 9.28. The average molecular weight is 270 g/mol. The van der Waals surface area contributed by atoms with E-state index in [-0.39, 0.29) is 11.4 Å². The highest BCUT2D eigenvalue weighted by atomic mass is 32.1. The summed E-state index contributed by atoms with van der Waals surface area (Å²) in [5.74, 6) is -0.291. The second-order valence-electron chi connectivity index (χ2n) is 5.06. The number of rotatable bonds is 6. The first kappa shape index (κ1) is 15.0. The number of aromatic nitrogens is 1. The van der Waals surface area contributed by atoms with Crippen LogP contribution in [0.3, 0.4) is 0 Å². The van der Waals surface area contributed by atoms with E-state index in [9.17, 15) is 4.79 Å². The Morgan fingerprint density at radius 2 is 2.11 bits per heavy atom. The van der Waals surface area contributed by atoms with E-state index in [0.29, 0.717) is 12.2 Å². The smallest absolute Gasteiger partial charge is 0.343 e. The molecule has 4 nitrogen and oxygen atoms in total. The lowest BCUT2D eigenvalue weighted by Gasteiger charge is -2.23. The molecule has 0 aliphatic heterocycles. The van der Waals surface area contributed by atoms with E-state index in [1.165, 1.54) is 11.5 Å². The van der Waals surface area contributed by atoms with Gasteiger partial charge in [0.25, 0.3) is 0 Å². The van der Waals surface area contributed by atoms with Crippen molar-refractivity contribution >= 4 is 22.5 Å². The van der Waals surface area contributed by atoms with E-state index < -0.39 is 0 Å². The van der Waals surface area contributed by atoms with Crippen molar-refractivity contribution in [2.75, 3.05) is 18.5 Å². The van der Waals surface area contributed by atoms with Crippen LogP contribution in [0, 0.1) is 12.3 Å². The number of hydrogen-bond acceptors (Lipinski definition) is 5. The van der Waals surface area contributed by atoms with Crippen molar-refractivity contribution in [1.82, 2.24) is 4.37 Å². The van der Waals surface area contributed by atoms with Crippen LogP contribution in [0.4, 0.5) is 5.00 Å². The molecule has 0 aliphatic rings. The molecule has 18 heavy (non-hydrogen) atoms. The molecule has 0 aliphatic carbocycles. The molecule has 0 aromatic carbocycles. The molecule has 1 N–H and O–H groups in total. The van der Waals surface area contributed by atoms with Gasteiger partial charge in [-0.05, 0) is 37.2 Å². The standard InChI is InChI=1S/C13H22N2O2S/c1-6-13(4,5)8-14-11-10(9(3)15-18-11)12(16)17-7-2/h14H,6-8H2,1-5H3. The van der Waals surface area contributed by atoms with Gasteiger partial charge in [0, 0.05) is 6.54 Å². The minimum atomic E-state index is -0.291. The zero-order chi connectivity index (χ0) is 13.8. The number of hydrogen-bond donors (Lipinski definition) is 1. The van der Waals surface area contributed by atoms with Gasteiger partial charge in [0.15, 0.2) is 0 Å². The molecule has 5 heteroatoms. The number of anilines is 1. The van der Waals surface area contributed by atoms with Gasteiger partial charge in [0.1, 0.15) is 10.6 Å². The fourth-order valence-corrected chi connectivity index (χ4v) is 2.16. The zero-order valence-electron chi connectivity index (χ0n) is 11.8. The third kappa shape index (κ3) is 3.70. The molecule has 0 bridgehead atoms. The minimum absolute atomic E-state index is 0.198.